The molecule has 0 aliphatic carbocycles. The van der Waals surface area contributed by atoms with Gasteiger partial charge in [-0.2, -0.15) is 0 Å². The summed E-state index contributed by atoms with van der Waals surface area (Å²) in [5, 5.41) is 0. The second-order valence-electron chi connectivity index (χ2n) is 6.07. The lowest BCUT2D eigenvalue weighted by atomic mass is 9.86. The van der Waals surface area contributed by atoms with Gasteiger partial charge < -0.3 is 9.47 Å². The van der Waals surface area contributed by atoms with E-state index in [1.807, 2.05) is 36.7 Å². The van der Waals surface area contributed by atoms with E-state index in [1.54, 1.807) is 0 Å². The fourth-order valence-electron chi connectivity index (χ4n) is 3.41. The van der Waals surface area contributed by atoms with E-state index >= 15 is 0 Å². The molecule has 2 aliphatic rings. The van der Waals surface area contributed by atoms with Crippen molar-refractivity contribution in [2.24, 2.45) is 5.92 Å². The highest BCUT2D eigenvalue weighted by atomic mass is 32.2. The molecule has 2 nitrogen and oxygen atoms in total. The van der Waals surface area contributed by atoms with Crippen LogP contribution in [0.25, 0.3) is 0 Å². The maximum Gasteiger partial charge on any atom is 0.189 e. The van der Waals surface area contributed by atoms with Crippen molar-refractivity contribution in [2.75, 3.05) is 18.6 Å². The van der Waals surface area contributed by atoms with Crippen LogP contribution in [0.5, 0.6) is 0 Å². The third kappa shape index (κ3) is 2.61. The maximum absolute atomic E-state index is 6.58. The average Bonchev–Trinajstić information content (AvgIpc) is 2.62. The monoisotopic (exact) mass is 302 g/mol. The van der Waals surface area contributed by atoms with Gasteiger partial charge in [0.15, 0.2) is 4.27 Å². The molecule has 2 aliphatic heterocycles. The molecule has 110 valence electrons. The number of hydrogen-bond donors (Lipinski definition) is 0. The fourth-order valence-corrected chi connectivity index (χ4v) is 6.84. The van der Waals surface area contributed by atoms with E-state index in [0.29, 0.717) is 5.92 Å². The average molecular weight is 303 g/mol. The summed E-state index contributed by atoms with van der Waals surface area (Å²) in [5.74, 6) is 2.80. The van der Waals surface area contributed by atoms with Crippen molar-refractivity contribution in [3.05, 3.63) is 12.7 Å². The first kappa shape index (κ1) is 15.7. The molecule has 2 heterocycles. The molecule has 0 radical (unpaired) electrons. The van der Waals surface area contributed by atoms with Gasteiger partial charge in [-0.25, -0.2) is 0 Å². The van der Waals surface area contributed by atoms with E-state index in [1.165, 1.54) is 6.42 Å². The molecular weight excluding hydrogens is 276 g/mol. The third-order valence-corrected chi connectivity index (χ3v) is 8.06. The number of methoxy groups -OCH3 is 1. The van der Waals surface area contributed by atoms with Crippen LogP contribution in [0.3, 0.4) is 0 Å². The van der Waals surface area contributed by atoms with Gasteiger partial charge in [0.2, 0.25) is 0 Å². The predicted octanol–water partition coefficient (Wildman–Crippen LogP) is 4.31. The summed E-state index contributed by atoms with van der Waals surface area (Å²) >= 11 is 3.84. The Morgan fingerprint density at radius 1 is 1.37 bits per heavy atom. The topological polar surface area (TPSA) is 18.5 Å². The van der Waals surface area contributed by atoms with Crippen LogP contribution in [0.2, 0.25) is 0 Å². The lowest BCUT2D eigenvalue weighted by Gasteiger charge is -2.48. The molecule has 0 aromatic heterocycles. The molecule has 4 heteroatoms. The van der Waals surface area contributed by atoms with Gasteiger partial charge in [0.1, 0.15) is 5.60 Å². The molecular formula is C15H26O2S2. The maximum atomic E-state index is 6.58. The summed E-state index contributed by atoms with van der Waals surface area (Å²) < 4.78 is 12.3. The zero-order chi connectivity index (χ0) is 14.1. The molecule has 2 fully saturated rings. The van der Waals surface area contributed by atoms with Crippen LogP contribution < -0.4 is 0 Å². The van der Waals surface area contributed by atoms with E-state index in [9.17, 15) is 0 Å². The minimum atomic E-state index is -0.260. The normalized spacial score (nSPS) is 42.2. The lowest BCUT2D eigenvalue weighted by Crippen LogP contribution is -2.54. The lowest BCUT2D eigenvalue weighted by molar-refractivity contribution is -0.143. The van der Waals surface area contributed by atoms with E-state index < -0.39 is 0 Å². The van der Waals surface area contributed by atoms with Gasteiger partial charge in [-0.05, 0) is 50.5 Å². The Labute approximate surface area is 126 Å². The minimum absolute atomic E-state index is 0.0972. The number of hydrogen-bond acceptors (Lipinski definition) is 4. The quantitative estimate of drug-likeness (QED) is 0.720. The van der Waals surface area contributed by atoms with Gasteiger partial charge in [0.05, 0.1) is 5.60 Å². The van der Waals surface area contributed by atoms with Crippen molar-refractivity contribution in [3.8, 4) is 0 Å². The van der Waals surface area contributed by atoms with Crippen LogP contribution in [0.4, 0.5) is 0 Å². The Bertz CT molecular complexity index is 341. The third-order valence-electron chi connectivity index (χ3n) is 4.46. The highest BCUT2D eigenvalue weighted by Gasteiger charge is 2.61. The van der Waals surface area contributed by atoms with Crippen molar-refractivity contribution >= 4 is 23.5 Å². The SMILES string of the molecule is C=CCC1(C)C[C@@H](C)[C@](C)(C2(OC)SCCCS2)O1. The van der Waals surface area contributed by atoms with E-state index in [0.717, 1.165) is 24.3 Å². The first-order valence-electron chi connectivity index (χ1n) is 7.05. The van der Waals surface area contributed by atoms with Crippen molar-refractivity contribution in [1.82, 2.24) is 0 Å². The molecule has 0 aromatic carbocycles. The van der Waals surface area contributed by atoms with Gasteiger partial charge in [0, 0.05) is 7.11 Å². The molecule has 2 saturated heterocycles. The smallest absolute Gasteiger partial charge is 0.189 e. The van der Waals surface area contributed by atoms with Crippen LogP contribution in [0.15, 0.2) is 12.7 Å². The molecule has 0 N–H and O–H groups in total. The van der Waals surface area contributed by atoms with Gasteiger partial charge in [-0.3, -0.25) is 0 Å². The van der Waals surface area contributed by atoms with Crippen LogP contribution >= 0.6 is 23.5 Å². The second kappa shape index (κ2) is 5.63. The summed E-state index contributed by atoms with van der Waals surface area (Å²) in [6.45, 7) is 10.6. The van der Waals surface area contributed by atoms with Crippen LogP contribution in [-0.4, -0.2) is 34.1 Å². The van der Waals surface area contributed by atoms with Gasteiger partial charge in [0.25, 0.3) is 0 Å². The van der Waals surface area contributed by atoms with Gasteiger partial charge >= 0.3 is 0 Å². The molecule has 0 bridgehead atoms. The Kier molecular flexibility index (Phi) is 4.66. The fraction of sp³-hybridized carbons (Fsp3) is 0.867. The van der Waals surface area contributed by atoms with E-state index in [4.69, 9.17) is 9.47 Å². The summed E-state index contributed by atoms with van der Waals surface area (Å²) in [6.07, 6.45) is 5.21. The molecule has 0 spiro atoms. The zero-order valence-electron chi connectivity index (χ0n) is 12.5. The largest absolute Gasteiger partial charge is 0.364 e. The molecule has 3 atom stereocenters. The predicted molar refractivity (Wildman–Crippen MR) is 85.8 cm³/mol. The highest BCUT2D eigenvalue weighted by molar-refractivity contribution is 8.18. The molecule has 1 unspecified atom stereocenters. The standard InChI is InChI=1S/C15H26O2S2/c1-6-8-13(3)11-12(2)14(4,17-13)15(16-5)18-9-7-10-19-15/h6,12H,1,7-11H2,2-5H3/t12-,13?,14-/m1/s1. The van der Waals surface area contributed by atoms with E-state index in [-0.39, 0.29) is 15.5 Å². The zero-order valence-corrected chi connectivity index (χ0v) is 14.2. The van der Waals surface area contributed by atoms with Gasteiger partial charge in [-0.15, -0.1) is 30.1 Å². The van der Waals surface area contributed by atoms with Crippen LogP contribution in [0, 0.1) is 5.92 Å². The Morgan fingerprint density at radius 3 is 2.53 bits per heavy atom. The number of rotatable bonds is 4. The highest BCUT2D eigenvalue weighted by Crippen LogP contribution is 2.59. The Hall–Kier alpha value is 0.360. The second-order valence-corrected chi connectivity index (χ2v) is 8.87. The summed E-state index contributed by atoms with van der Waals surface area (Å²) in [5.41, 5.74) is -0.338. The van der Waals surface area contributed by atoms with Crippen molar-refractivity contribution in [3.63, 3.8) is 0 Å². The number of thioether (sulfide) groups is 2. The molecule has 19 heavy (non-hydrogen) atoms. The van der Waals surface area contributed by atoms with Crippen molar-refractivity contribution in [1.29, 1.82) is 0 Å². The van der Waals surface area contributed by atoms with Crippen molar-refractivity contribution < 1.29 is 9.47 Å². The molecule has 0 aromatic rings. The van der Waals surface area contributed by atoms with Crippen LogP contribution in [-0.2, 0) is 9.47 Å². The summed E-state index contributed by atoms with van der Waals surface area (Å²) in [7, 11) is 1.83. The van der Waals surface area contributed by atoms with Gasteiger partial charge in [-0.1, -0.05) is 13.0 Å². The molecule has 0 amide bonds. The first-order chi connectivity index (χ1) is 8.91. The Balaban J connectivity index is 2.27. The summed E-state index contributed by atoms with van der Waals surface area (Å²) in [4.78, 5) is 0. The molecule has 2 rings (SSSR count). The Morgan fingerprint density at radius 2 is 2.00 bits per heavy atom. The summed E-state index contributed by atoms with van der Waals surface area (Å²) in [6, 6.07) is 0. The minimum Gasteiger partial charge on any atom is -0.364 e. The number of ether oxygens (including phenoxy) is 2. The first-order valence-corrected chi connectivity index (χ1v) is 9.03. The molecule has 0 saturated carbocycles. The van der Waals surface area contributed by atoms with Crippen molar-refractivity contribution in [2.45, 2.75) is 55.5 Å². The van der Waals surface area contributed by atoms with Crippen LogP contribution in [0.1, 0.15) is 40.0 Å². The van der Waals surface area contributed by atoms with E-state index in [2.05, 4.69) is 27.4 Å².